The van der Waals surface area contributed by atoms with Crippen LogP contribution in [0.1, 0.15) is 42.5 Å². The molecule has 0 bridgehead atoms. The van der Waals surface area contributed by atoms with Crippen LogP contribution in [0.2, 0.25) is 5.02 Å². The normalized spacial score (nSPS) is 21.3. The molecule has 0 aromatic heterocycles. The summed E-state index contributed by atoms with van der Waals surface area (Å²) in [6, 6.07) is 4.98. The van der Waals surface area contributed by atoms with E-state index in [0.717, 1.165) is 32.1 Å². The van der Waals surface area contributed by atoms with Gasteiger partial charge in [-0.1, -0.05) is 18.0 Å². The molecule has 0 radical (unpaired) electrons. The van der Waals surface area contributed by atoms with Crippen LogP contribution >= 0.6 is 11.6 Å². The van der Waals surface area contributed by atoms with Crippen LogP contribution in [0, 0.1) is 5.92 Å². The Hall–Kier alpha value is -1.26. The van der Waals surface area contributed by atoms with Crippen molar-refractivity contribution in [3.8, 4) is 5.75 Å². The summed E-state index contributed by atoms with van der Waals surface area (Å²) in [5.74, 6) is 0.771. The van der Waals surface area contributed by atoms with Gasteiger partial charge >= 0.3 is 0 Å². The number of rotatable bonds is 6. The van der Waals surface area contributed by atoms with Crippen molar-refractivity contribution in [2.24, 2.45) is 5.92 Å². The molecule has 2 atom stereocenters. The lowest BCUT2D eigenvalue weighted by atomic mass is 10.00. The van der Waals surface area contributed by atoms with Crippen LogP contribution in [0.3, 0.4) is 0 Å². The Kier molecular flexibility index (Phi) is 5.88. The largest absolute Gasteiger partial charge is 0.495 e. The first-order chi connectivity index (χ1) is 10.1. The Morgan fingerprint density at radius 1 is 1.48 bits per heavy atom. The summed E-state index contributed by atoms with van der Waals surface area (Å²) in [5.41, 5.74) is 0.539. The second kappa shape index (κ2) is 7.66. The summed E-state index contributed by atoms with van der Waals surface area (Å²) in [7, 11) is 1.52. The summed E-state index contributed by atoms with van der Waals surface area (Å²) in [4.78, 5) is 12.0. The molecule has 2 N–H and O–H groups in total. The van der Waals surface area contributed by atoms with E-state index < -0.39 is 0 Å². The fraction of sp³-hybridized carbons (Fsp3) is 0.562. The van der Waals surface area contributed by atoms with Crippen LogP contribution in [0.4, 0.5) is 0 Å². The number of hydrogen-bond donors (Lipinski definition) is 2. The number of hydrogen-bond acceptors (Lipinski definition) is 3. The average Bonchev–Trinajstić information content (AvgIpc) is 2.89. The zero-order valence-corrected chi connectivity index (χ0v) is 13.0. The van der Waals surface area contributed by atoms with E-state index in [1.165, 1.54) is 7.11 Å². The van der Waals surface area contributed by atoms with Gasteiger partial charge in [-0.15, -0.1) is 0 Å². The molecule has 1 fully saturated rings. The van der Waals surface area contributed by atoms with Crippen LogP contribution in [-0.4, -0.2) is 30.8 Å². The summed E-state index contributed by atoms with van der Waals surface area (Å²) in [6.07, 6.45) is 4.83. The fourth-order valence-electron chi connectivity index (χ4n) is 2.82. The van der Waals surface area contributed by atoms with Gasteiger partial charge in [0, 0.05) is 12.1 Å². The minimum atomic E-state index is -0.152. The van der Waals surface area contributed by atoms with Gasteiger partial charge in [-0.3, -0.25) is 4.79 Å². The minimum Gasteiger partial charge on any atom is -0.495 e. The van der Waals surface area contributed by atoms with Gasteiger partial charge in [0.15, 0.2) is 0 Å². The lowest BCUT2D eigenvalue weighted by Gasteiger charge is -2.14. The maximum absolute atomic E-state index is 12.0. The number of aliphatic hydroxyl groups is 1. The molecule has 5 heteroatoms. The highest BCUT2D eigenvalue weighted by Gasteiger charge is 2.24. The molecule has 0 unspecified atom stereocenters. The highest BCUT2D eigenvalue weighted by Crippen LogP contribution is 2.29. The number of carbonyl (C=O) groups excluding carboxylic acids is 1. The molecule has 21 heavy (non-hydrogen) atoms. The molecule has 2 rings (SSSR count). The van der Waals surface area contributed by atoms with Gasteiger partial charge in [0.25, 0.3) is 5.91 Å². The lowest BCUT2D eigenvalue weighted by molar-refractivity contribution is 0.0949. The van der Waals surface area contributed by atoms with Crippen LogP contribution in [-0.2, 0) is 0 Å². The Bertz CT molecular complexity index is 492. The first-order valence-corrected chi connectivity index (χ1v) is 7.79. The molecule has 1 aliphatic rings. The van der Waals surface area contributed by atoms with Gasteiger partial charge in [0.2, 0.25) is 0 Å². The predicted octanol–water partition coefficient (Wildman–Crippen LogP) is 3.02. The monoisotopic (exact) mass is 311 g/mol. The van der Waals surface area contributed by atoms with Crippen molar-refractivity contribution in [1.82, 2.24) is 5.32 Å². The fourth-order valence-corrected chi connectivity index (χ4v) is 3.02. The van der Waals surface area contributed by atoms with E-state index in [4.69, 9.17) is 16.3 Å². The van der Waals surface area contributed by atoms with Gasteiger partial charge in [0.1, 0.15) is 5.75 Å². The second-order valence-corrected chi connectivity index (χ2v) is 5.91. The van der Waals surface area contributed by atoms with Crippen LogP contribution in [0.15, 0.2) is 18.2 Å². The number of aliphatic hydroxyl groups excluding tert-OH is 1. The second-order valence-electron chi connectivity index (χ2n) is 5.51. The van der Waals surface area contributed by atoms with E-state index in [0.29, 0.717) is 28.8 Å². The van der Waals surface area contributed by atoms with Crippen molar-refractivity contribution in [2.75, 3.05) is 13.7 Å². The number of carbonyl (C=O) groups is 1. The summed E-state index contributed by atoms with van der Waals surface area (Å²) >= 11 is 5.93. The van der Waals surface area contributed by atoms with Gasteiger partial charge in [-0.05, 0) is 49.8 Å². The van der Waals surface area contributed by atoms with Crippen LogP contribution in [0.5, 0.6) is 5.75 Å². The molecule has 0 aliphatic heterocycles. The van der Waals surface area contributed by atoms with Gasteiger partial charge in [0.05, 0.1) is 18.2 Å². The van der Waals surface area contributed by atoms with E-state index in [-0.39, 0.29) is 12.0 Å². The highest BCUT2D eigenvalue weighted by atomic mass is 35.5. The number of methoxy groups -OCH3 is 1. The molecule has 1 aromatic rings. The van der Waals surface area contributed by atoms with Gasteiger partial charge < -0.3 is 15.2 Å². The third kappa shape index (κ3) is 4.35. The Morgan fingerprint density at radius 2 is 2.29 bits per heavy atom. The van der Waals surface area contributed by atoms with Crippen molar-refractivity contribution in [2.45, 2.75) is 38.2 Å². The van der Waals surface area contributed by atoms with E-state index in [9.17, 15) is 9.90 Å². The van der Waals surface area contributed by atoms with Gasteiger partial charge in [-0.2, -0.15) is 0 Å². The number of amides is 1. The molecule has 0 heterocycles. The minimum absolute atomic E-state index is 0.128. The SMILES string of the molecule is COc1cc(C(=O)NCCC[C@H]2CCC[C@H]2O)ccc1Cl. The summed E-state index contributed by atoms with van der Waals surface area (Å²) in [6.45, 7) is 0.618. The zero-order chi connectivity index (χ0) is 15.2. The van der Waals surface area contributed by atoms with E-state index in [1.807, 2.05) is 0 Å². The van der Waals surface area contributed by atoms with Crippen LogP contribution in [0.25, 0.3) is 0 Å². The molecule has 1 aromatic carbocycles. The highest BCUT2D eigenvalue weighted by molar-refractivity contribution is 6.32. The van der Waals surface area contributed by atoms with E-state index >= 15 is 0 Å². The molecule has 0 spiro atoms. The smallest absolute Gasteiger partial charge is 0.251 e. The van der Waals surface area contributed by atoms with Crippen molar-refractivity contribution in [3.63, 3.8) is 0 Å². The first kappa shape index (κ1) is 16.1. The Morgan fingerprint density at radius 3 is 2.95 bits per heavy atom. The Labute approximate surface area is 130 Å². The standard InChI is InChI=1S/C16H22ClNO3/c1-21-15-10-12(7-8-13(15)17)16(20)18-9-3-5-11-4-2-6-14(11)19/h7-8,10-11,14,19H,2-6,9H2,1H3,(H,18,20)/t11-,14-/m1/s1. The van der Waals surface area contributed by atoms with E-state index in [2.05, 4.69) is 5.32 Å². The molecular weight excluding hydrogens is 290 g/mol. The van der Waals surface area contributed by atoms with E-state index in [1.54, 1.807) is 18.2 Å². The molecule has 0 saturated heterocycles. The summed E-state index contributed by atoms with van der Waals surface area (Å²) < 4.78 is 5.10. The predicted molar refractivity (Wildman–Crippen MR) is 82.9 cm³/mol. The number of benzene rings is 1. The molecule has 1 saturated carbocycles. The number of ether oxygens (including phenoxy) is 1. The molecule has 116 valence electrons. The molecule has 1 amide bonds. The molecular formula is C16H22ClNO3. The van der Waals surface area contributed by atoms with Crippen LogP contribution < -0.4 is 10.1 Å². The van der Waals surface area contributed by atoms with Crippen molar-refractivity contribution < 1.29 is 14.6 Å². The van der Waals surface area contributed by atoms with Gasteiger partial charge in [-0.25, -0.2) is 0 Å². The third-order valence-corrected chi connectivity index (χ3v) is 4.38. The third-order valence-electron chi connectivity index (χ3n) is 4.07. The molecule has 4 nitrogen and oxygen atoms in total. The first-order valence-electron chi connectivity index (χ1n) is 7.41. The Balaban J connectivity index is 1.76. The summed E-state index contributed by atoms with van der Waals surface area (Å²) in [5, 5.41) is 13.1. The van der Waals surface area contributed by atoms with Crippen molar-refractivity contribution >= 4 is 17.5 Å². The zero-order valence-electron chi connectivity index (χ0n) is 12.3. The maximum atomic E-state index is 12.0. The van der Waals surface area contributed by atoms with Crippen molar-refractivity contribution in [1.29, 1.82) is 0 Å². The topological polar surface area (TPSA) is 58.6 Å². The molecule has 1 aliphatic carbocycles. The average molecular weight is 312 g/mol. The quantitative estimate of drug-likeness (QED) is 0.794. The number of nitrogens with one attached hydrogen (secondary N) is 1. The van der Waals surface area contributed by atoms with Crippen molar-refractivity contribution in [3.05, 3.63) is 28.8 Å². The maximum Gasteiger partial charge on any atom is 0.251 e. The lowest BCUT2D eigenvalue weighted by Crippen LogP contribution is -2.25. The number of halogens is 1.